The van der Waals surface area contributed by atoms with Crippen LogP contribution in [0.2, 0.25) is 10.0 Å². The number of phenols is 1. The van der Waals surface area contributed by atoms with Crippen LogP contribution in [0.1, 0.15) is 0 Å². The largest absolute Gasteiger partial charge is 0.504 e. The fraction of sp³-hybridized carbons (Fsp3) is 0.0667. The standard InChI is InChI=1S/C15H10Cl2FN3O2.ClH/c1-23-12-5-10-7(4-11(12)22)15(20-6-19-10)21-9-3-2-8(16)13(17)14(9)18;/h2-6,22H,1H3,(H,19,20,21);1H. The Morgan fingerprint density at radius 1 is 1.21 bits per heavy atom. The summed E-state index contributed by atoms with van der Waals surface area (Å²) in [7, 11) is 1.44. The molecule has 2 aromatic carbocycles. The Kier molecular flexibility index (Phi) is 5.54. The topological polar surface area (TPSA) is 67.3 Å². The average Bonchev–Trinajstić information content (AvgIpc) is 2.55. The van der Waals surface area contributed by atoms with Crippen molar-refractivity contribution in [2.45, 2.75) is 0 Å². The molecule has 0 spiro atoms. The second-order valence-electron chi connectivity index (χ2n) is 4.61. The number of ether oxygens (including phenoxy) is 1. The van der Waals surface area contributed by atoms with Crippen LogP contribution in [0.5, 0.6) is 11.5 Å². The normalized spacial score (nSPS) is 10.3. The van der Waals surface area contributed by atoms with Crippen molar-refractivity contribution in [3.63, 3.8) is 0 Å². The lowest BCUT2D eigenvalue weighted by Crippen LogP contribution is -1.99. The van der Waals surface area contributed by atoms with E-state index < -0.39 is 5.82 Å². The molecule has 0 atom stereocenters. The molecule has 0 saturated carbocycles. The number of aromatic nitrogens is 2. The van der Waals surface area contributed by atoms with Crippen molar-refractivity contribution in [1.82, 2.24) is 9.97 Å². The number of anilines is 2. The molecule has 0 aliphatic carbocycles. The van der Waals surface area contributed by atoms with Gasteiger partial charge in [-0.3, -0.25) is 0 Å². The highest BCUT2D eigenvalue weighted by molar-refractivity contribution is 6.42. The maximum atomic E-state index is 14.2. The Balaban J connectivity index is 0.00000208. The van der Waals surface area contributed by atoms with Crippen molar-refractivity contribution in [1.29, 1.82) is 0 Å². The summed E-state index contributed by atoms with van der Waals surface area (Å²) in [5, 5.41) is 13.2. The van der Waals surface area contributed by atoms with E-state index in [0.717, 1.165) is 0 Å². The molecule has 3 aromatic rings. The van der Waals surface area contributed by atoms with E-state index in [-0.39, 0.29) is 39.6 Å². The van der Waals surface area contributed by atoms with Crippen molar-refractivity contribution < 1.29 is 14.2 Å². The van der Waals surface area contributed by atoms with Gasteiger partial charge in [0.25, 0.3) is 0 Å². The summed E-state index contributed by atoms with van der Waals surface area (Å²) in [4.78, 5) is 8.18. The van der Waals surface area contributed by atoms with Gasteiger partial charge in [0, 0.05) is 11.5 Å². The Morgan fingerprint density at radius 2 is 1.96 bits per heavy atom. The van der Waals surface area contributed by atoms with Gasteiger partial charge in [0.05, 0.1) is 28.4 Å². The van der Waals surface area contributed by atoms with E-state index in [0.29, 0.717) is 16.7 Å². The van der Waals surface area contributed by atoms with Gasteiger partial charge in [-0.25, -0.2) is 14.4 Å². The minimum absolute atomic E-state index is 0. The first-order chi connectivity index (χ1) is 11.0. The number of hydrogen-bond donors (Lipinski definition) is 2. The van der Waals surface area contributed by atoms with Crippen molar-refractivity contribution in [2.24, 2.45) is 0 Å². The molecule has 0 bridgehead atoms. The molecular weight excluding hydrogens is 380 g/mol. The maximum absolute atomic E-state index is 14.2. The smallest absolute Gasteiger partial charge is 0.166 e. The lowest BCUT2D eigenvalue weighted by Gasteiger charge is -2.11. The maximum Gasteiger partial charge on any atom is 0.166 e. The highest BCUT2D eigenvalue weighted by Crippen LogP contribution is 2.35. The number of nitrogens with zero attached hydrogens (tertiary/aromatic N) is 2. The first-order valence-electron chi connectivity index (χ1n) is 6.43. The lowest BCUT2D eigenvalue weighted by molar-refractivity contribution is 0.374. The Labute approximate surface area is 152 Å². The first kappa shape index (κ1) is 18.3. The summed E-state index contributed by atoms with van der Waals surface area (Å²) < 4.78 is 19.2. The van der Waals surface area contributed by atoms with Crippen LogP contribution in [0.3, 0.4) is 0 Å². The zero-order valence-corrected chi connectivity index (χ0v) is 14.5. The number of phenolic OH excluding ortho intramolecular Hbond substituents is 1. The molecule has 2 N–H and O–H groups in total. The highest BCUT2D eigenvalue weighted by atomic mass is 35.5. The van der Waals surface area contributed by atoms with Gasteiger partial charge in [-0.15, -0.1) is 12.4 Å². The number of methoxy groups -OCH3 is 1. The molecule has 0 saturated heterocycles. The molecule has 1 aromatic heterocycles. The predicted octanol–water partition coefficient (Wildman–Crippen LogP) is 4.96. The number of nitrogens with one attached hydrogen (secondary N) is 1. The summed E-state index contributed by atoms with van der Waals surface area (Å²) in [6.45, 7) is 0. The van der Waals surface area contributed by atoms with Crippen molar-refractivity contribution in [3.05, 3.63) is 46.5 Å². The molecule has 0 unspecified atom stereocenters. The van der Waals surface area contributed by atoms with E-state index in [4.69, 9.17) is 27.9 Å². The molecule has 0 aliphatic rings. The molecule has 0 fully saturated rings. The third-order valence-electron chi connectivity index (χ3n) is 3.22. The highest BCUT2D eigenvalue weighted by Gasteiger charge is 2.14. The fourth-order valence-corrected chi connectivity index (χ4v) is 2.40. The SMILES string of the molecule is COc1cc2ncnc(Nc3ccc(Cl)c(Cl)c3F)c2cc1O.Cl. The summed E-state index contributed by atoms with van der Waals surface area (Å²) in [6.07, 6.45) is 1.32. The number of benzene rings is 2. The van der Waals surface area contributed by atoms with E-state index in [2.05, 4.69) is 15.3 Å². The Bertz CT molecular complexity index is 909. The molecule has 126 valence electrons. The minimum atomic E-state index is -0.691. The lowest BCUT2D eigenvalue weighted by atomic mass is 10.2. The Hall–Kier alpha value is -2.02. The van der Waals surface area contributed by atoms with Gasteiger partial charge >= 0.3 is 0 Å². The molecule has 0 radical (unpaired) electrons. The summed E-state index contributed by atoms with van der Waals surface area (Å²) >= 11 is 11.6. The van der Waals surface area contributed by atoms with Gasteiger partial charge < -0.3 is 15.2 Å². The number of hydrogen-bond acceptors (Lipinski definition) is 5. The molecule has 1 heterocycles. The van der Waals surface area contributed by atoms with Gasteiger partial charge in [-0.1, -0.05) is 23.2 Å². The molecule has 0 amide bonds. The quantitative estimate of drug-likeness (QED) is 0.619. The van der Waals surface area contributed by atoms with Crippen LogP contribution in [-0.4, -0.2) is 22.2 Å². The van der Waals surface area contributed by atoms with Crippen molar-refractivity contribution >= 4 is 58.0 Å². The monoisotopic (exact) mass is 389 g/mol. The van der Waals surface area contributed by atoms with Crippen LogP contribution in [0, 0.1) is 5.82 Å². The molecule has 3 rings (SSSR count). The van der Waals surface area contributed by atoms with Gasteiger partial charge in [0.2, 0.25) is 0 Å². The Morgan fingerprint density at radius 3 is 2.67 bits per heavy atom. The second kappa shape index (κ2) is 7.25. The average molecular weight is 391 g/mol. The molecule has 5 nitrogen and oxygen atoms in total. The second-order valence-corrected chi connectivity index (χ2v) is 5.40. The van der Waals surface area contributed by atoms with E-state index in [1.807, 2.05) is 0 Å². The summed E-state index contributed by atoms with van der Waals surface area (Å²) in [5.74, 6) is -0.177. The van der Waals surface area contributed by atoms with Crippen LogP contribution in [-0.2, 0) is 0 Å². The number of halogens is 4. The minimum Gasteiger partial charge on any atom is -0.504 e. The van der Waals surface area contributed by atoms with Gasteiger partial charge in [-0.05, 0) is 18.2 Å². The van der Waals surface area contributed by atoms with Crippen LogP contribution in [0.15, 0.2) is 30.6 Å². The third kappa shape index (κ3) is 3.26. The summed E-state index contributed by atoms with van der Waals surface area (Å²) in [6, 6.07) is 5.91. The molecule has 9 heteroatoms. The van der Waals surface area contributed by atoms with Crippen LogP contribution < -0.4 is 10.1 Å². The van der Waals surface area contributed by atoms with E-state index in [1.165, 1.54) is 31.6 Å². The van der Waals surface area contributed by atoms with Gasteiger partial charge in [-0.2, -0.15) is 0 Å². The van der Waals surface area contributed by atoms with Crippen molar-refractivity contribution in [2.75, 3.05) is 12.4 Å². The van der Waals surface area contributed by atoms with Crippen LogP contribution in [0.4, 0.5) is 15.9 Å². The van der Waals surface area contributed by atoms with Crippen LogP contribution in [0.25, 0.3) is 10.9 Å². The number of aromatic hydroxyl groups is 1. The number of fused-ring (bicyclic) bond motifs is 1. The molecule has 0 aliphatic heterocycles. The fourth-order valence-electron chi connectivity index (χ4n) is 2.09. The van der Waals surface area contributed by atoms with Crippen molar-refractivity contribution in [3.8, 4) is 11.5 Å². The predicted molar refractivity (Wildman–Crippen MR) is 94.7 cm³/mol. The van der Waals surface area contributed by atoms with E-state index in [9.17, 15) is 9.50 Å². The zero-order valence-electron chi connectivity index (χ0n) is 12.2. The van der Waals surface area contributed by atoms with Gasteiger partial charge in [0.1, 0.15) is 12.1 Å². The third-order valence-corrected chi connectivity index (χ3v) is 4.01. The van der Waals surface area contributed by atoms with Crippen LogP contribution >= 0.6 is 35.6 Å². The molecule has 24 heavy (non-hydrogen) atoms. The summed E-state index contributed by atoms with van der Waals surface area (Å²) in [5.41, 5.74) is 0.632. The molecular formula is C15H11Cl3FN3O2. The zero-order chi connectivity index (χ0) is 16.6. The van der Waals surface area contributed by atoms with Gasteiger partial charge in [0.15, 0.2) is 17.3 Å². The van der Waals surface area contributed by atoms with E-state index >= 15 is 0 Å². The number of rotatable bonds is 3. The van der Waals surface area contributed by atoms with E-state index in [1.54, 1.807) is 6.07 Å². The first-order valence-corrected chi connectivity index (χ1v) is 7.19.